The molecule has 0 spiro atoms. The molecule has 0 saturated carbocycles. The van der Waals surface area contributed by atoms with Gasteiger partial charge >= 0.3 is 0 Å². The third-order valence-electron chi connectivity index (χ3n) is 5.76. The maximum absolute atomic E-state index is 5.45. The standard InChI is InChI=1S/C27H27N5O/c1-20-4-2-6-25(29-20)26-7-3-5-22(30-26)19-23-12-13-28-27(31-23)18-21-8-10-24(11-9-21)32-14-16-33-17-15-32/h2-13H,14-19H2,1H3. The lowest BCUT2D eigenvalue weighted by Crippen LogP contribution is -2.36. The molecule has 0 N–H and O–H groups in total. The molecule has 33 heavy (non-hydrogen) atoms. The normalized spacial score (nSPS) is 13.8. The van der Waals surface area contributed by atoms with Gasteiger partial charge in [-0.1, -0.05) is 24.3 Å². The van der Waals surface area contributed by atoms with E-state index in [0.717, 1.165) is 60.6 Å². The maximum atomic E-state index is 5.45. The SMILES string of the molecule is Cc1cccc(-c2cccc(Cc3ccnc(Cc4ccc(N5CCOCC5)cc4)n3)n2)n1. The molecule has 1 aliphatic heterocycles. The molecule has 4 heterocycles. The molecule has 4 aromatic rings. The third kappa shape index (κ3) is 5.41. The van der Waals surface area contributed by atoms with Gasteiger partial charge in [-0.25, -0.2) is 9.97 Å². The van der Waals surface area contributed by atoms with E-state index in [0.29, 0.717) is 12.8 Å². The van der Waals surface area contributed by atoms with Crippen LogP contribution in [0.25, 0.3) is 11.4 Å². The van der Waals surface area contributed by atoms with Crippen molar-refractivity contribution >= 4 is 5.69 Å². The molecule has 3 aromatic heterocycles. The molecule has 1 aliphatic rings. The predicted molar refractivity (Wildman–Crippen MR) is 129 cm³/mol. The van der Waals surface area contributed by atoms with Gasteiger partial charge in [-0.2, -0.15) is 0 Å². The highest BCUT2D eigenvalue weighted by Crippen LogP contribution is 2.19. The minimum absolute atomic E-state index is 0.658. The second-order valence-electron chi connectivity index (χ2n) is 8.26. The average Bonchev–Trinajstić information content (AvgIpc) is 2.85. The molecule has 5 rings (SSSR count). The van der Waals surface area contributed by atoms with Crippen LogP contribution in [0.4, 0.5) is 5.69 Å². The van der Waals surface area contributed by atoms with Gasteiger partial charge in [0.15, 0.2) is 0 Å². The molecule has 6 heteroatoms. The van der Waals surface area contributed by atoms with Crippen LogP contribution in [-0.4, -0.2) is 46.2 Å². The third-order valence-corrected chi connectivity index (χ3v) is 5.76. The first-order valence-corrected chi connectivity index (χ1v) is 11.4. The van der Waals surface area contributed by atoms with Crippen molar-refractivity contribution in [3.8, 4) is 11.4 Å². The fourth-order valence-electron chi connectivity index (χ4n) is 4.05. The Morgan fingerprint density at radius 2 is 1.48 bits per heavy atom. The summed E-state index contributed by atoms with van der Waals surface area (Å²) in [6.45, 7) is 5.47. The number of benzene rings is 1. The molecule has 1 fully saturated rings. The number of morpholine rings is 1. The smallest absolute Gasteiger partial charge is 0.132 e. The Balaban J connectivity index is 1.27. The molecule has 0 bridgehead atoms. The molecule has 0 radical (unpaired) electrons. The molecule has 166 valence electrons. The van der Waals surface area contributed by atoms with E-state index in [2.05, 4.69) is 39.1 Å². The van der Waals surface area contributed by atoms with Crippen molar-refractivity contribution in [1.82, 2.24) is 19.9 Å². The van der Waals surface area contributed by atoms with Gasteiger partial charge in [0.1, 0.15) is 5.82 Å². The van der Waals surface area contributed by atoms with Gasteiger partial charge < -0.3 is 9.64 Å². The second kappa shape index (κ2) is 9.88. The van der Waals surface area contributed by atoms with E-state index in [-0.39, 0.29) is 0 Å². The number of pyridine rings is 2. The summed E-state index contributed by atoms with van der Waals surface area (Å²) in [5.41, 5.74) is 7.13. The zero-order chi connectivity index (χ0) is 22.5. The number of anilines is 1. The summed E-state index contributed by atoms with van der Waals surface area (Å²) in [7, 11) is 0. The molecule has 0 atom stereocenters. The highest BCUT2D eigenvalue weighted by molar-refractivity contribution is 5.54. The number of aryl methyl sites for hydroxylation is 1. The number of aromatic nitrogens is 4. The summed E-state index contributed by atoms with van der Waals surface area (Å²) >= 11 is 0. The van der Waals surface area contributed by atoms with Gasteiger partial charge in [0.25, 0.3) is 0 Å². The number of nitrogens with zero attached hydrogens (tertiary/aromatic N) is 5. The highest BCUT2D eigenvalue weighted by atomic mass is 16.5. The Morgan fingerprint density at radius 1 is 0.758 bits per heavy atom. The van der Waals surface area contributed by atoms with Crippen LogP contribution in [0.3, 0.4) is 0 Å². The van der Waals surface area contributed by atoms with Crippen LogP contribution in [-0.2, 0) is 17.6 Å². The van der Waals surface area contributed by atoms with E-state index in [9.17, 15) is 0 Å². The summed E-state index contributed by atoms with van der Waals surface area (Å²) in [6.07, 6.45) is 3.20. The summed E-state index contributed by atoms with van der Waals surface area (Å²) < 4.78 is 5.45. The highest BCUT2D eigenvalue weighted by Gasteiger charge is 2.11. The lowest BCUT2D eigenvalue weighted by molar-refractivity contribution is 0.122. The van der Waals surface area contributed by atoms with E-state index in [1.54, 1.807) is 0 Å². The molecule has 0 amide bonds. The molecule has 1 aromatic carbocycles. The fraction of sp³-hybridized carbons (Fsp3) is 0.259. The average molecular weight is 438 g/mol. The molecular formula is C27H27N5O. The minimum Gasteiger partial charge on any atom is -0.378 e. The fourth-order valence-corrected chi connectivity index (χ4v) is 4.05. The summed E-state index contributed by atoms with van der Waals surface area (Å²) in [4.78, 5) is 21.1. The van der Waals surface area contributed by atoms with Crippen LogP contribution in [0, 0.1) is 6.92 Å². The monoisotopic (exact) mass is 437 g/mol. The number of hydrogen-bond donors (Lipinski definition) is 0. The molecule has 1 saturated heterocycles. The van der Waals surface area contributed by atoms with E-state index < -0.39 is 0 Å². The van der Waals surface area contributed by atoms with Gasteiger partial charge in [0, 0.05) is 49.2 Å². The van der Waals surface area contributed by atoms with E-state index >= 15 is 0 Å². The first kappa shape index (κ1) is 21.2. The predicted octanol–water partition coefficient (Wildman–Crippen LogP) is 4.26. The van der Waals surface area contributed by atoms with Crippen LogP contribution in [0.5, 0.6) is 0 Å². The van der Waals surface area contributed by atoms with Gasteiger partial charge in [0.05, 0.1) is 30.3 Å². The Hall–Kier alpha value is -3.64. The van der Waals surface area contributed by atoms with Gasteiger partial charge in [-0.15, -0.1) is 0 Å². The van der Waals surface area contributed by atoms with Crippen molar-refractivity contribution in [2.45, 2.75) is 19.8 Å². The largest absolute Gasteiger partial charge is 0.378 e. The Morgan fingerprint density at radius 3 is 2.27 bits per heavy atom. The van der Waals surface area contributed by atoms with Crippen LogP contribution >= 0.6 is 0 Å². The van der Waals surface area contributed by atoms with E-state index in [1.165, 1.54) is 11.3 Å². The lowest BCUT2D eigenvalue weighted by Gasteiger charge is -2.28. The van der Waals surface area contributed by atoms with Crippen molar-refractivity contribution in [1.29, 1.82) is 0 Å². The van der Waals surface area contributed by atoms with Crippen LogP contribution in [0.2, 0.25) is 0 Å². The van der Waals surface area contributed by atoms with Crippen molar-refractivity contribution in [3.05, 3.63) is 101 Å². The second-order valence-corrected chi connectivity index (χ2v) is 8.26. The number of hydrogen-bond acceptors (Lipinski definition) is 6. The number of ether oxygens (including phenoxy) is 1. The molecular weight excluding hydrogens is 410 g/mol. The maximum Gasteiger partial charge on any atom is 0.132 e. The van der Waals surface area contributed by atoms with Crippen LogP contribution in [0.1, 0.15) is 28.5 Å². The summed E-state index contributed by atoms with van der Waals surface area (Å²) in [6, 6.07) is 22.7. The van der Waals surface area contributed by atoms with Crippen LogP contribution < -0.4 is 4.90 Å². The van der Waals surface area contributed by atoms with Gasteiger partial charge in [0.2, 0.25) is 0 Å². The summed E-state index contributed by atoms with van der Waals surface area (Å²) in [5, 5.41) is 0. The summed E-state index contributed by atoms with van der Waals surface area (Å²) in [5.74, 6) is 0.822. The molecule has 0 aliphatic carbocycles. The van der Waals surface area contributed by atoms with E-state index in [4.69, 9.17) is 14.7 Å². The Bertz CT molecular complexity index is 1220. The Labute approximate surface area is 194 Å². The first-order valence-electron chi connectivity index (χ1n) is 11.4. The lowest BCUT2D eigenvalue weighted by atomic mass is 10.1. The first-order chi connectivity index (χ1) is 16.2. The number of rotatable bonds is 6. The quantitative estimate of drug-likeness (QED) is 0.449. The molecule has 6 nitrogen and oxygen atoms in total. The van der Waals surface area contributed by atoms with Crippen molar-refractivity contribution in [2.75, 3.05) is 31.2 Å². The topological polar surface area (TPSA) is 64.0 Å². The van der Waals surface area contributed by atoms with E-state index in [1.807, 2.05) is 55.6 Å². The van der Waals surface area contributed by atoms with Crippen molar-refractivity contribution in [2.24, 2.45) is 0 Å². The van der Waals surface area contributed by atoms with Crippen molar-refractivity contribution < 1.29 is 4.74 Å². The minimum atomic E-state index is 0.658. The zero-order valence-corrected chi connectivity index (χ0v) is 18.8. The van der Waals surface area contributed by atoms with Gasteiger partial charge in [-0.05, 0) is 55.0 Å². The molecule has 0 unspecified atom stereocenters. The zero-order valence-electron chi connectivity index (χ0n) is 18.8. The Kier molecular flexibility index (Phi) is 6.35. The van der Waals surface area contributed by atoms with Crippen LogP contribution in [0.15, 0.2) is 72.9 Å². The van der Waals surface area contributed by atoms with Crippen molar-refractivity contribution in [3.63, 3.8) is 0 Å². The van der Waals surface area contributed by atoms with Gasteiger partial charge in [-0.3, -0.25) is 9.97 Å².